The van der Waals surface area contributed by atoms with Crippen molar-refractivity contribution in [3.05, 3.63) is 27.4 Å². The number of rotatable bonds is 2. The first-order valence-electron chi connectivity index (χ1n) is 4.36. The number of H-pyrrole nitrogens is 1. The molecule has 0 aliphatic rings. The Morgan fingerprint density at radius 3 is 2.54 bits per heavy atom. The largest absolute Gasteiger partial charge is 0.324 e. The van der Waals surface area contributed by atoms with Gasteiger partial charge in [0.25, 0.3) is 5.56 Å². The summed E-state index contributed by atoms with van der Waals surface area (Å²) in [5, 5.41) is 0. The summed E-state index contributed by atoms with van der Waals surface area (Å²) in [5.74, 6) is 0.745. The summed E-state index contributed by atoms with van der Waals surface area (Å²) >= 11 is 0. The smallest absolute Gasteiger partial charge is 0.254 e. The van der Waals surface area contributed by atoms with Gasteiger partial charge in [0, 0.05) is 11.3 Å². The molecule has 1 heterocycles. The topological polar surface area (TPSA) is 71.8 Å². The molecule has 1 rings (SSSR count). The van der Waals surface area contributed by atoms with Crippen LogP contribution in [0.4, 0.5) is 0 Å². The first kappa shape index (κ1) is 9.92. The van der Waals surface area contributed by atoms with Crippen LogP contribution in [-0.4, -0.2) is 9.97 Å². The van der Waals surface area contributed by atoms with Gasteiger partial charge in [-0.3, -0.25) is 4.79 Å². The lowest BCUT2D eigenvalue weighted by Crippen LogP contribution is -2.21. The molecule has 0 unspecified atom stereocenters. The minimum atomic E-state index is -0.0667. The van der Waals surface area contributed by atoms with Crippen molar-refractivity contribution < 1.29 is 0 Å². The lowest BCUT2D eigenvalue weighted by molar-refractivity contribution is 0.781. The number of nitrogens with one attached hydrogen (secondary N) is 1. The molecule has 0 aliphatic carbocycles. The first-order valence-corrected chi connectivity index (χ1v) is 4.36. The second-order valence-corrected chi connectivity index (χ2v) is 3.37. The van der Waals surface area contributed by atoms with Crippen molar-refractivity contribution in [3.8, 4) is 0 Å². The van der Waals surface area contributed by atoms with Crippen LogP contribution in [0.1, 0.15) is 36.8 Å². The van der Waals surface area contributed by atoms with Gasteiger partial charge in [-0.25, -0.2) is 4.98 Å². The van der Waals surface area contributed by atoms with Gasteiger partial charge in [0.05, 0.1) is 6.54 Å². The highest BCUT2D eigenvalue weighted by Crippen LogP contribution is 2.11. The minimum absolute atomic E-state index is 0.0667. The Morgan fingerprint density at radius 1 is 1.54 bits per heavy atom. The molecule has 0 aliphatic heterocycles. The molecule has 0 fully saturated rings. The van der Waals surface area contributed by atoms with E-state index in [0.717, 1.165) is 11.3 Å². The molecule has 1 aromatic rings. The summed E-state index contributed by atoms with van der Waals surface area (Å²) in [4.78, 5) is 18.4. The van der Waals surface area contributed by atoms with Crippen LogP contribution in [0.15, 0.2) is 4.79 Å². The van der Waals surface area contributed by atoms with Crippen molar-refractivity contribution in [3.63, 3.8) is 0 Å². The van der Waals surface area contributed by atoms with Gasteiger partial charge >= 0.3 is 0 Å². The van der Waals surface area contributed by atoms with Crippen molar-refractivity contribution in [1.29, 1.82) is 0 Å². The summed E-state index contributed by atoms with van der Waals surface area (Å²) in [7, 11) is 0. The minimum Gasteiger partial charge on any atom is -0.324 e. The van der Waals surface area contributed by atoms with Crippen molar-refractivity contribution in [1.82, 2.24) is 9.97 Å². The highest BCUT2D eigenvalue weighted by atomic mass is 16.1. The Bertz CT molecular complexity index is 354. The van der Waals surface area contributed by atoms with Crippen LogP contribution in [0.5, 0.6) is 0 Å². The molecule has 4 heteroatoms. The average molecular weight is 181 g/mol. The fourth-order valence-corrected chi connectivity index (χ4v) is 1.43. The van der Waals surface area contributed by atoms with Crippen LogP contribution in [0, 0.1) is 6.92 Å². The predicted octanol–water partition coefficient (Wildman–Crippen LogP) is 0.660. The molecule has 0 saturated carbocycles. The van der Waals surface area contributed by atoms with Gasteiger partial charge in [0.2, 0.25) is 0 Å². The molecule has 0 radical (unpaired) electrons. The van der Waals surface area contributed by atoms with Gasteiger partial charge in [0.15, 0.2) is 0 Å². The van der Waals surface area contributed by atoms with Gasteiger partial charge in [-0.15, -0.1) is 0 Å². The molecule has 4 nitrogen and oxygen atoms in total. The molecule has 0 atom stereocenters. The molecule has 0 spiro atoms. The Balaban J connectivity index is 3.32. The van der Waals surface area contributed by atoms with E-state index in [1.165, 1.54) is 0 Å². The quantitative estimate of drug-likeness (QED) is 0.704. The fourth-order valence-electron chi connectivity index (χ4n) is 1.43. The molecule has 3 N–H and O–H groups in total. The Kier molecular flexibility index (Phi) is 2.83. The molecule has 72 valence electrons. The standard InChI is InChI=1S/C9H15N3O/c1-5(2)8-6(3)11-7(4-10)12-9(8)13/h5H,4,10H2,1-3H3,(H,11,12,13). The summed E-state index contributed by atoms with van der Waals surface area (Å²) in [6.45, 7) is 6.06. The van der Waals surface area contributed by atoms with Crippen LogP contribution >= 0.6 is 0 Å². The van der Waals surface area contributed by atoms with Gasteiger partial charge in [-0.2, -0.15) is 0 Å². The van der Waals surface area contributed by atoms with Crippen molar-refractivity contribution in [2.45, 2.75) is 33.2 Å². The van der Waals surface area contributed by atoms with E-state index in [9.17, 15) is 4.79 Å². The first-order chi connectivity index (χ1) is 6.06. The fraction of sp³-hybridized carbons (Fsp3) is 0.556. The van der Waals surface area contributed by atoms with E-state index in [1.807, 2.05) is 20.8 Å². The number of nitrogens with zero attached hydrogens (tertiary/aromatic N) is 1. The maximum atomic E-state index is 11.5. The maximum absolute atomic E-state index is 11.5. The van der Waals surface area contributed by atoms with Crippen LogP contribution in [0.3, 0.4) is 0 Å². The molecular formula is C9H15N3O. The lowest BCUT2D eigenvalue weighted by atomic mass is 10.0. The second kappa shape index (κ2) is 3.70. The predicted molar refractivity (Wildman–Crippen MR) is 51.6 cm³/mol. The van der Waals surface area contributed by atoms with Gasteiger partial charge < -0.3 is 10.7 Å². The number of nitrogens with two attached hydrogens (primary N) is 1. The highest BCUT2D eigenvalue weighted by molar-refractivity contribution is 5.19. The van der Waals surface area contributed by atoms with E-state index in [2.05, 4.69) is 9.97 Å². The van der Waals surface area contributed by atoms with Crippen molar-refractivity contribution in [2.75, 3.05) is 0 Å². The normalized spacial score (nSPS) is 10.8. The second-order valence-electron chi connectivity index (χ2n) is 3.37. The number of aromatic nitrogens is 2. The van der Waals surface area contributed by atoms with Gasteiger partial charge in [-0.05, 0) is 12.8 Å². The number of aryl methyl sites for hydroxylation is 1. The molecular weight excluding hydrogens is 166 g/mol. The summed E-state index contributed by atoms with van der Waals surface area (Å²) < 4.78 is 0. The van der Waals surface area contributed by atoms with Crippen LogP contribution in [0.25, 0.3) is 0 Å². The maximum Gasteiger partial charge on any atom is 0.254 e. The van der Waals surface area contributed by atoms with E-state index in [4.69, 9.17) is 5.73 Å². The van der Waals surface area contributed by atoms with Crippen molar-refractivity contribution >= 4 is 0 Å². The van der Waals surface area contributed by atoms with E-state index >= 15 is 0 Å². The Hall–Kier alpha value is -1.16. The number of aromatic amines is 1. The molecule has 0 aromatic carbocycles. The molecule has 0 saturated heterocycles. The third kappa shape index (κ3) is 1.95. The van der Waals surface area contributed by atoms with Gasteiger partial charge in [-0.1, -0.05) is 13.8 Å². The molecule has 0 bridgehead atoms. The van der Waals surface area contributed by atoms with Crippen LogP contribution in [0.2, 0.25) is 0 Å². The summed E-state index contributed by atoms with van der Waals surface area (Å²) in [6.07, 6.45) is 0. The van der Waals surface area contributed by atoms with Crippen LogP contribution < -0.4 is 11.3 Å². The Labute approximate surface area is 77.2 Å². The summed E-state index contributed by atoms with van der Waals surface area (Å²) in [6, 6.07) is 0. The van der Waals surface area contributed by atoms with E-state index in [1.54, 1.807) is 0 Å². The Morgan fingerprint density at radius 2 is 2.15 bits per heavy atom. The monoisotopic (exact) mass is 181 g/mol. The number of hydrogen-bond acceptors (Lipinski definition) is 3. The molecule has 1 aromatic heterocycles. The molecule has 0 amide bonds. The van der Waals surface area contributed by atoms with E-state index in [0.29, 0.717) is 5.82 Å². The van der Waals surface area contributed by atoms with Crippen LogP contribution in [-0.2, 0) is 6.54 Å². The third-order valence-electron chi connectivity index (χ3n) is 1.97. The highest BCUT2D eigenvalue weighted by Gasteiger charge is 2.10. The summed E-state index contributed by atoms with van der Waals surface area (Å²) in [5.41, 5.74) is 6.84. The average Bonchev–Trinajstić information content (AvgIpc) is 2.02. The zero-order valence-corrected chi connectivity index (χ0v) is 8.22. The van der Waals surface area contributed by atoms with Crippen molar-refractivity contribution in [2.24, 2.45) is 5.73 Å². The zero-order chi connectivity index (χ0) is 10.0. The zero-order valence-electron chi connectivity index (χ0n) is 8.22. The molecule has 13 heavy (non-hydrogen) atoms. The SMILES string of the molecule is Cc1nc(CN)[nH]c(=O)c1C(C)C. The lowest BCUT2D eigenvalue weighted by Gasteiger charge is -2.08. The number of hydrogen-bond donors (Lipinski definition) is 2. The van der Waals surface area contributed by atoms with Gasteiger partial charge in [0.1, 0.15) is 5.82 Å². The van der Waals surface area contributed by atoms with E-state index in [-0.39, 0.29) is 18.0 Å². The van der Waals surface area contributed by atoms with E-state index < -0.39 is 0 Å². The third-order valence-corrected chi connectivity index (χ3v) is 1.97.